The Balaban J connectivity index is 1.50. The van der Waals surface area contributed by atoms with Gasteiger partial charge in [0.2, 0.25) is 0 Å². The average Bonchev–Trinajstić information content (AvgIpc) is 3.12. The van der Waals surface area contributed by atoms with Crippen LogP contribution in [0.25, 0.3) is 10.2 Å². The van der Waals surface area contributed by atoms with Gasteiger partial charge in [0.1, 0.15) is 5.69 Å². The Morgan fingerprint density at radius 3 is 2.52 bits per heavy atom. The molecule has 0 spiro atoms. The molecule has 2 aromatic heterocycles. The smallest absolute Gasteiger partial charge is 0.274 e. The van der Waals surface area contributed by atoms with Crippen LogP contribution in [0.1, 0.15) is 21.6 Å². The number of carbonyl (C=O) groups excluding carboxylic acids is 1. The maximum Gasteiger partial charge on any atom is 0.274 e. The van der Waals surface area contributed by atoms with E-state index in [-0.39, 0.29) is 5.91 Å². The van der Waals surface area contributed by atoms with Gasteiger partial charge in [-0.05, 0) is 25.0 Å². The van der Waals surface area contributed by atoms with Crippen LogP contribution in [0.2, 0.25) is 0 Å². The number of benzene rings is 1. The van der Waals surface area contributed by atoms with Crippen LogP contribution in [0.5, 0.6) is 0 Å². The molecule has 128 valence electrons. The second kappa shape index (κ2) is 6.40. The molecule has 1 fully saturated rings. The maximum atomic E-state index is 12.5. The van der Waals surface area contributed by atoms with Crippen molar-refractivity contribution >= 4 is 32.6 Å². The number of piperazine rings is 1. The summed E-state index contributed by atoms with van der Waals surface area (Å²) in [5.41, 5.74) is 3.97. The summed E-state index contributed by atoms with van der Waals surface area (Å²) in [6.07, 6.45) is 4.65. The van der Waals surface area contributed by atoms with Gasteiger partial charge in [-0.1, -0.05) is 23.5 Å². The third kappa shape index (κ3) is 2.95. The molecule has 1 saturated heterocycles. The lowest BCUT2D eigenvalue weighted by Crippen LogP contribution is -2.49. The summed E-state index contributed by atoms with van der Waals surface area (Å²) in [6.45, 7) is 7.13. The highest BCUT2D eigenvalue weighted by atomic mass is 32.1. The molecule has 25 heavy (non-hydrogen) atoms. The predicted molar refractivity (Wildman–Crippen MR) is 99.2 cm³/mol. The number of carbonyl (C=O) groups is 1. The van der Waals surface area contributed by atoms with Gasteiger partial charge in [-0.25, -0.2) is 9.97 Å². The van der Waals surface area contributed by atoms with Crippen LogP contribution < -0.4 is 4.90 Å². The minimum atomic E-state index is -0.0521. The number of aromatic nitrogens is 3. The second-order valence-corrected chi connectivity index (χ2v) is 7.22. The molecule has 4 rings (SSSR count). The molecule has 1 aliphatic rings. The van der Waals surface area contributed by atoms with E-state index in [1.807, 2.05) is 4.90 Å². The zero-order chi connectivity index (χ0) is 17.4. The van der Waals surface area contributed by atoms with E-state index in [1.54, 1.807) is 23.7 Å². The minimum Gasteiger partial charge on any atom is -0.345 e. The lowest BCUT2D eigenvalue weighted by molar-refractivity contribution is 0.0740. The third-order valence-corrected chi connectivity index (χ3v) is 5.80. The number of aryl methyl sites for hydroxylation is 2. The molecule has 1 aromatic carbocycles. The molecule has 3 aromatic rings. The van der Waals surface area contributed by atoms with Gasteiger partial charge >= 0.3 is 0 Å². The van der Waals surface area contributed by atoms with Crippen LogP contribution in [0, 0.1) is 13.8 Å². The molecule has 0 bridgehead atoms. The van der Waals surface area contributed by atoms with Crippen molar-refractivity contribution in [3.05, 3.63) is 47.5 Å². The molecular weight excluding hydrogens is 334 g/mol. The highest BCUT2D eigenvalue weighted by Crippen LogP contribution is 2.33. The monoisotopic (exact) mass is 353 g/mol. The molecular formula is C18H19N5OS. The van der Waals surface area contributed by atoms with Gasteiger partial charge in [-0.3, -0.25) is 9.78 Å². The van der Waals surface area contributed by atoms with Gasteiger partial charge in [0.15, 0.2) is 5.13 Å². The first-order valence-corrected chi connectivity index (χ1v) is 9.12. The predicted octanol–water partition coefficient (Wildman–Crippen LogP) is 2.67. The zero-order valence-corrected chi connectivity index (χ0v) is 15.1. The van der Waals surface area contributed by atoms with Crippen molar-refractivity contribution in [1.82, 2.24) is 19.9 Å². The Morgan fingerprint density at radius 2 is 1.84 bits per heavy atom. The number of thiazole rings is 1. The summed E-state index contributed by atoms with van der Waals surface area (Å²) >= 11 is 1.74. The van der Waals surface area contributed by atoms with Gasteiger partial charge < -0.3 is 9.80 Å². The minimum absolute atomic E-state index is 0.0521. The quantitative estimate of drug-likeness (QED) is 0.709. The van der Waals surface area contributed by atoms with E-state index in [9.17, 15) is 4.79 Å². The molecule has 1 amide bonds. The largest absolute Gasteiger partial charge is 0.345 e. The van der Waals surface area contributed by atoms with Crippen molar-refractivity contribution in [2.45, 2.75) is 13.8 Å². The van der Waals surface area contributed by atoms with E-state index in [0.29, 0.717) is 18.8 Å². The van der Waals surface area contributed by atoms with Crippen molar-refractivity contribution in [2.75, 3.05) is 31.1 Å². The number of hydrogen-bond donors (Lipinski definition) is 0. The molecule has 7 heteroatoms. The van der Waals surface area contributed by atoms with Crippen LogP contribution in [0.15, 0.2) is 30.7 Å². The molecule has 0 atom stereocenters. The summed E-state index contributed by atoms with van der Waals surface area (Å²) in [5.74, 6) is -0.0521. The zero-order valence-electron chi connectivity index (χ0n) is 14.3. The fourth-order valence-electron chi connectivity index (χ4n) is 3.06. The first-order valence-electron chi connectivity index (χ1n) is 8.30. The standard InChI is InChI=1S/C18H19N5OS/c1-12-3-4-13(2)16-15(12)21-18(25-16)23-9-7-22(8-10-23)17(24)14-11-19-5-6-20-14/h3-6,11H,7-10H2,1-2H3. The van der Waals surface area contributed by atoms with Crippen LogP contribution >= 0.6 is 11.3 Å². The molecule has 0 saturated carbocycles. The molecule has 0 N–H and O–H groups in total. The lowest BCUT2D eigenvalue weighted by Gasteiger charge is -2.34. The molecule has 1 aliphatic heterocycles. The number of fused-ring (bicyclic) bond motifs is 1. The third-order valence-electron chi connectivity index (χ3n) is 4.55. The number of amides is 1. The summed E-state index contributed by atoms with van der Waals surface area (Å²) in [7, 11) is 0. The van der Waals surface area contributed by atoms with E-state index in [2.05, 4.69) is 40.8 Å². The van der Waals surface area contributed by atoms with Gasteiger partial charge in [0.05, 0.1) is 16.4 Å². The van der Waals surface area contributed by atoms with E-state index >= 15 is 0 Å². The first kappa shape index (κ1) is 16.0. The molecule has 6 nitrogen and oxygen atoms in total. The molecule has 0 radical (unpaired) electrons. The van der Waals surface area contributed by atoms with E-state index in [1.165, 1.54) is 22.0 Å². The Kier molecular flexibility index (Phi) is 4.09. The number of nitrogens with zero attached hydrogens (tertiary/aromatic N) is 5. The van der Waals surface area contributed by atoms with Crippen molar-refractivity contribution in [3.8, 4) is 0 Å². The van der Waals surface area contributed by atoms with Crippen molar-refractivity contribution in [3.63, 3.8) is 0 Å². The van der Waals surface area contributed by atoms with E-state index < -0.39 is 0 Å². The van der Waals surface area contributed by atoms with Crippen LogP contribution in [0.4, 0.5) is 5.13 Å². The van der Waals surface area contributed by atoms with Crippen molar-refractivity contribution in [1.29, 1.82) is 0 Å². The van der Waals surface area contributed by atoms with Crippen molar-refractivity contribution < 1.29 is 4.79 Å². The van der Waals surface area contributed by atoms with Crippen LogP contribution in [-0.4, -0.2) is 51.9 Å². The fraction of sp³-hybridized carbons (Fsp3) is 0.333. The molecule has 0 aliphatic carbocycles. The Bertz CT molecular complexity index is 877. The first-order chi connectivity index (χ1) is 12.1. The topological polar surface area (TPSA) is 62.2 Å². The van der Waals surface area contributed by atoms with Gasteiger partial charge in [-0.15, -0.1) is 0 Å². The Labute approximate surface area is 150 Å². The van der Waals surface area contributed by atoms with Gasteiger partial charge in [0.25, 0.3) is 5.91 Å². The number of rotatable bonds is 2. The second-order valence-electron chi connectivity index (χ2n) is 6.24. The normalized spacial score (nSPS) is 15.0. The summed E-state index contributed by atoms with van der Waals surface area (Å²) in [5, 5.41) is 1.04. The van der Waals surface area contributed by atoms with Crippen LogP contribution in [-0.2, 0) is 0 Å². The van der Waals surface area contributed by atoms with Gasteiger partial charge in [0, 0.05) is 38.6 Å². The van der Waals surface area contributed by atoms with Crippen LogP contribution in [0.3, 0.4) is 0 Å². The summed E-state index contributed by atoms with van der Waals surface area (Å²) in [6, 6.07) is 4.27. The summed E-state index contributed by atoms with van der Waals surface area (Å²) in [4.78, 5) is 29.5. The highest BCUT2D eigenvalue weighted by molar-refractivity contribution is 7.22. The van der Waals surface area contributed by atoms with E-state index in [4.69, 9.17) is 4.98 Å². The molecule has 3 heterocycles. The number of anilines is 1. The Morgan fingerprint density at radius 1 is 1.08 bits per heavy atom. The highest BCUT2D eigenvalue weighted by Gasteiger charge is 2.25. The number of hydrogen-bond acceptors (Lipinski definition) is 6. The van der Waals surface area contributed by atoms with Gasteiger partial charge in [-0.2, -0.15) is 0 Å². The maximum absolute atomic E-state index is 12.5. The SMILES string of the molecule is Cc1ccc(C)c2sc(N3CCN(C(=O)c4cnccn4)CC3)nc12. The fourth-order valence-corrected chi connectivity index (χ4v) is 4.22. The average molecular weight is 353 g/mol. The summed E-state index contributed by atoms with van der Waals surface area (Å²) < 4.78 is 1.26. The lowest BCUT2D eigenvalue weighted by atomic mass is 10.1. The van der Waals surface area contributed by atoms with Crippen molar-refractivity contribution in [2.24, 2.45) is 0 Å². The molecule has 0 unspecified atom stereocenters. The van der Waals surface area contributed by atoms with E-state index in [0.717, 1.165) is 23.7 Å². The Hall–Kier alpha value is -2.54.